The van der Waals surface area contributed by atoms with Gasteiger partial charge in [0.2, 0.25) is 0 Å². The van der Waals surface area contributed by atoms with Crippen LogP contribution in [0.1, 0.15) is 11.1 Å². The summed E-state index contributed by atoms with van der Waals surface area (Å²) >= 11 is 0. The summed E-state index contributed by atoms with van der Waals surface area (Å²) in [4.78, 5) is 15.1. The molecule has 6 aromatic rings. The first-order valence-electron chi connectivity index (χ1n) is 13.4. The van der Waals surface area contributed by atoms with Crippen molar-refractivity contribution in [3.05, 3.63) is 155 Å². The number of rotatable bonds is 10. The zero-order chi connectivity index (χ0) is 28.7. The Labute approximate surface area is 242 Å². The fourth-order valence-corrected chi connectivity index (χ4v) is 4.49. The first-order valence-corrected chi connectivity index (χ1v) is 13.4. The Balaban J connectivity index is 1.40. The molecule has 6 rings (SSSR count). The smallest absolute Gasteiger partial charge is 0.287 e. The van der Waals surface area contributed by atoms with E-state index in [4.69, 9.17) is 14.6 Å². The van der Waals surface area contributed by atoms with Gasteiger partial charge in [-0.1, -0.05) is 91.0 Å². The Kier molecular flexibility index (Phi) is 7.67. The zero-order valence-electron chi connectivity index (χ0n) is 22.5. The second-order valence-electron chi connectivity index (χ2n) is 9.53. The molecule has 0 spiro atoms. The highest BCUT2D eigenvalue weighted by Gasteiger charge is 2.18. The van der Waals surface area contributed by atoms with Crippen molar-refractivity contribution in [2.75, 3.05) is 0 Å². The maximum absolute atomic E-state index is 11.2. The van der Waals surface area contributed by atoms with Crippen molar-refractivity contribution in [3.63, 3.8) is 0 Å². The summed E-state index contributed by atoms with van der Waals surface area (Å²) in [5, 5.41) is 16.1. The third-order valence-electron chi connectivity index (χ3n) is 6.65. The molecule has 0 aliphatic carbocycles. The van der Waals surface area contributed by atoms with E-state index >= 15 is 0 Å². The van der Waals surface area contributed by atoms with Crippen LogP contribution >= 0.6 is 0 Å². The van der Waals surface area contributed by atoms with E-state index in [1.807, 2.05) is 115 Å². The standard InChI is InChI=1S/C34H26N4O4/c39-38(40)29-17-19-34(35-22-29)37-31(21-30(36-37)27-14-8-3-9-15-27)28-16-18-32(41-23-25-10-4-1-5-11-25)33(20-28)42-24-26-12-6-2-7-13-26/h1-22H,23-24H2. The van der Waals surface area contributed by atoms with Gasteiger partial charge in [0.15, 0.2) is 17.3 Å². The molecule has 0 saturated carbocycles. The molecule has 0 fully saturated rings. The Bertz CT molecular complexity index is 1790. The number of nitrogens with zero attached hydrogens (tertiary/aromatic N) is 4. The molecular formula is C34H26N4O4. The SMILES string of the molecule is O=[N+]([O-])c1ccc(-n2nc(-c3ccccc3)cc2-c2ccc(OCc3ccccc3)c(OCc3ccccc3)c2)nc1. The van der Waals surface area contributed by atoms with Crippen LogP contribution in [0.25, 0.3) is 28.3 Å². The normalized spacial score (nSPS) is 10.8. The molecule has 0 aliphatic heterocycles. The number of aromatic nitrogens is 3. The van der Waals surface area contributed by atoms with Crippen LogP contribution in [0, 0.1) is 10.1 Å². The molecule has 0 bridgehead atoms. The van der Waals surface area contributed by atoms with Crippen molar-refractivity contribution >= 4 is 5.69 Å². The predicted molar refractivity (Wildman–Crippen MR) is 160 cm³/mol. The molecule has 8 heteroatoms. The lowest BCUT2D eigenvalue weighted by Gasteiger charge is -2.15. The topological polar surface area (TPSA) is 92.3 Å². The summed E-state index contributed by atoms with van der Waals surface area (Å²) in [7, 11) is 0. The average Bonchev–Trinajstić information content (AvgIpc) is 3.50. The number of nitro groups is 1. The monoisotopic (exact) mass is 554 g/mol. The van der Waals surface area contributed by atoms with Gasteiger partial charge in [0.25, 0.3) is 5.69 Å². The highest BCUT2D eigenvalue weighted by molar-refractivity contribution is 5.72. The highest BCUT2D eigenvalue weighted by atomic mass is 16.6. The van der Waals surface area contributed by atoms with Gasteiger partial charge < -0.3 is 9.47 Å². The lowest BCUT2D eigenvalue weighted by atomic mass is 10.1. The van der Waals surface area contributed by atoms with Crippen molar-refractivity contribution in [2.24, 2.45) is 0 Å². The molecule has 0 N–H and O–H groups in total. The molecule has 0 radical (unpaired) electrons. The number of benzene rings is 4. The quantitative estimate of drug-likeness (QED) is 0.127. The maximum atomic E-state index is 11.2. The van der Waals surface area contributed by atoms with E-state index in [1.54, 1.807) is 10.7 Å². The van der Waals surface area contributed by atoms with E-state index in [9.17, 15) is 10.1 Å². The number of hydrogen-bond donors (Lipinski definition) is 0. The maximum Gasteiger partial charge on any atom is 0.287 e. The Hall–Kier alpha value is -5.76. The average molecular weight is 555 g/mol. The number of hydrogen-bond acceptors (Lipinski definition) is 6. The zero-order valence-corrected chi connectivity index (χ0v) is 22.5. The van der Waals surface area contributed by atoms with Crippen LogP contribution < -0.4 is 9.47 Å². The largest absolute Gasteiger partial charge is 0.485 e. The summed E-state index contributed by atoms with van der Waals surface area (Å²) in [6.07, 6.45) is 1.23. The molecule has 8 nitrogen and oxygen atoms in total. The molecule has 2 heterocycles. The molecule has 4 aromatic carbocycles. The molecular weight excluding hydrogens is 528 g/mol. The van der Waals surface area contributed by atoms with Gasteiger partial charge in [0.05, 0.1) is 16.3 Å². The minimum absolute atomic E-state index is 0.0905. The summed E-state index contributed by atoms with van der Waals surface area (Å²) in [6, 6.07) is 40.5. The fraction of sp³-hybridized carbons (Fsp3) is 0.0588. The van der Waals surface area contributed by atoms with E-state index in [0.29, 0.717) is 30.5 Å². The van der Waals surface area contributed by atoms with Crippen LogP contribution in [0.4, 0.5) is 5.69 Å². The first kappa shape index (κ1) is 26.5. The number of pyridine rings is 1. The number of ether oxygens (including phenoxy) is 2. The lowest BCUT2D eigenvalue weighted by Crippen LogP contribution is -2.04. The molecule has 0 unspecified atom stereocenters. The molecule has 42 heavy (non-hydrogen) atoms. The molecule has 0 atom stereocenters. The third kappa shape index (κ3) is 6.03. The third-order valence-corrected chi connectivity index (χ3v) is 6.65. The Morgan fingerprint density at radius 3 is 1.88 bits per heavy atom. The van der Waals surface area contributed by atoms with Crippen molar-refractivity contribution < 1.29 is 14.4 Å². The second-order valence-corrected chi connectivity index (χ2v) is 9.53. The molecule has 206 valence electrons. The summed E-state index contributed by atoms with van der Waals surface area (Å²) < 4.78 is 14.2. The Morgan fingerprint density at radius 2 is 1.29 bits per heavy atom. The summed E-state index contributed by atoms with van der Waals surface area (Å²) in [5.74, 6) is 1.65. The molecule has 0 amide bonds. The van der Waals surface area contributed by atoms with Crippen molar-refractivity contribution in [2.45, 2.75) is 13.2 Å². The summed E-state index contributed by atoms with van der Waals surface area (Å²) in [5.41, 5.74) is 5.22. The van der Waals surface area contributed by atoms with Gasteiger partial charge in [-0.2, -0.15) is 5.10 Å². The molecule has 2 aromatic heterocycles. The van der Waals surface area contributed by atoms with E-state index < -0.39 is 4.92 Å². The van der Waals surface area contributed by atoms with Crippen LogP contribution in [0.5, 0.6) is 11.5 Å². The van der Waals surface area contributed by atoms with Gasteiger partial charge in [0.1, 0.15) is 19.4 Å². The van der Waals surface area contributed by atoms with E-state index in [-0.39, 0.29) is 5.69 Å². The van der Waals surface area contributed by atoms with Gasteiger partial charge >= 0.3 is 0 Å². The van der Waals surface area contributed by atoms with Crippen molar-refractivity contribution in [3.8, 4) is 39.8 Å². The van der Waals surface area contributed by atoms with Gasteiger partial charge in [0, 0.05) is 17.2 Å². The summed E-state index contributed by atoms with van der Waals surface area (Å²) in [6.45, 7) is 0.759. The highest BCUT2D eigenvalue weighted by Crippen LogP contribution is 2.36. The lowest BCUT2D eigenvalue weighted by molar-refractivity contribution is -0.385. The van der Waals surface area contributed by atoms with E-state index in [1.165, 1.54) is 12.3 Å². The van der Waals surface area contributed by atoms with Crippen molar-refractivity contribution in [1.82, 2.24) is 14.8 Å². The fourth-order valence-electron chi connectivity index (χ4n) is 4.49. The van der Waals surface area contributed by atoms with Crippen molar-refractivity contribution in [1.29, 1.82) is 0 Å². The van der Waals surface area contributed by atoms with E-state index in [0.717, 1.165) is 33.6 Å². The van der Waals surface area contributed by atoms with Crippen LogP contribution in [0.3, 0.4) is 0 Å². The van der Waals surface area contributed by atoms with Gasteiger partial charge in [-0.05, 0) is 41.5 Å². The van der Waals surface area contributed by atoms with Crippen LogP contribution in [-0.2, 0) is 13.2 Å². The van der Waals surface area contributed by atoms with Crippen LogP contribution in [0.15, 0.2) is 134 Å². The van der Waals surface area contributed by atoms with Gasteiger partial charge in [-0.3, -0.25) is 10.1 Å². The first-order chi connectivity index (χ1) is 20.6. The minimum Gasteiger partial charge on any atom is -0.485 e. The minimum atomic E-state index is -0.472. The molecule has 0 aliphatic rings. The Morgan fingerprint density at radius 1 is 0.667 bits per heavy atom. The van der Waals surface area contributed by atoms with Gasteiger partial charge in [-0.25, -0.2) is 9.67 Å². The second kappa shape index (κ2) is 12.2. The molecule has 0 saturated heterocycles. The predicted octanol–water partition coefficient (Wildman–Crippen LogP) is 7.67. The van der Waals surface area contributed by atoms with Crippen LogP contribution in [0.2, 0.25) is 0 Å². The van der Waals surface area contributed by atoms with Gasteiger partial charge in [-0.15, -0.1) is 0 Å². The van der Waals surface area contributed by atoms with Crippen LogP contribution in [-0.4, -0.2) is 19.7 Å². The van der Waals surface area contributed by atoms with E-state index in [2.05, 4.69) is 4.98 Å².